The van der Waals surface area contributed by atoms with Crippen molar-refractivity contribution in [2.75, 3.05) is 23.9 Å². The Hall–Kier alpha value is -3.41. The Kier molecular flexibility index (Phi) is 5.66. The van der Waals surface area contributed by atoms with Gasteiger partial charge in [0.05, 0.1) is 25.2 Å². The van der Waals surface area contributed by atoms with Crippen molar-refractivity contribution in [3.8, 4) is 5.75 Å². The van der Waals surface area contributed by atoms with Gasteiger partial charge >= 0.3 is 0 Å². The van der Waals surface area contributed by atoms with Crippen LogP contribution in [0.4, 0.5) is 17.2 Å². The van der Waals surface area contributed by atoms with E-state index >= 15 is 0 Å². The average Bonchev–Trinajstić information content (AvgIpc) is 2.70. The van der Waals surface area contributed by atoms with Crippen LogP contribution >= 0.6 is 0 Å². The molecule has 0 radical (unpaired) electrons. The van der Waals surface area contributed by atoms with Gasteiger partial charge in [0.15, 0.2) is 5.82 Å². The van der Waals surface area contributed by atoms with Crippen molar-refractivity contribution < 1.29 is 9.53 Å². The molecule has 138 valence electrons. The van der Waals surface area contributed by atoms with Crippen molar-refractivity contribution in [1.29, 1.82) is 0 Å². The van der Waals surface area contributed by atoms with Crippen molar-refractivity contribution in [3.05, 3.63) is 72.2 Å². The second-order valence-electron chi connectivity index (χ2n) is 6.00. The first kappa shape index (κ1) is 18.4. The van der Waals surface area contributed by atoms with E-state index in [1.807, 2.05) is 67.3 Å². The molecule has 1 heterocycles. The van der Waals surface area contributed by atoms with Crippen LogP contribution in [0.25, 0.3) is 0 Å². The molecular weight excluding hydrogens is 340 g/mol. The fourth-order valence-electron chi connectivity index (χ4n) is 2.77. The molecule has 0 aliphatic carbocycles. The monoisotopic (exact) mass is 362 g/mol. The zero-order chi connectivity index (χ0) is 19.2. The SMILES string of the molecule is CCN(c1ccccc1)c1cnc(C(=O)Nc2cc(C)ccc2OC)cn1. The number of methoxy groups -OCH3 is 1. The minimum absolute atomic E-state index is 0.242. The third-order valence-electron chi connectivity index (χ3n) is 4.13. The summed E-state index contributed by atoms with van der Waals surface area (Å²) in [6.45, 7) is 4.73. The van der Waals surface area contributed by atoms with Gasteiger partial charge < -0.3 is 15.0 Å². The lowest BCUT2D eigenvalue weighted by Gasteiger charge is -2.21. The molecule has 0 aliphatic rings. The maximum absolute atomic E-state index is 12.5. The number of nitrogens with zero attached hydrogens (tertiary/aromatic N) is 3. The molecule has 0 bridgehead atoms. The summed E-state index contributed by atoms with van der Waals surface area (Å²) in [6.07, 6.45) is 3.09. The van der Waals surface area contributed by atoms with Gasteiger partial charge in [-0.25, -0.2) is 9.97 Å². The van der Waals surface area contributed by atoms with Gasteiger partial charge in [-0.15, -0.1) is 0 Å². The fraction of sp³-hybridized carbons (Fsp3) is 0.190. The highest BCUT2D eigenvalue weighted by Crippen LogP contribution is 2.26. The van der Waals surface area contributed by atoms with Crippen LogP contribution in [0, 0.1) is 6.92 Å². The number of aromatic nitrogens is 2. The minimum Gasteiger partial charge on any atom is -0.495 e. The smallest absolute Gasteiger partial charge is 0.275 e. The number of ether oxygens (including phenoxy) is 1. The zero-order valence-electron chi connectivity index (χ0n) is 15.6. The maximum Gasteiger partial charge on any atom is 0.275 e. The van der Waals surface area contributed by atoms with Crippen molar-refractivity contribution in [3.63, 3.8) is 0 Å². The summed E-state index contributed by atoms with van der Waals surface area (Å²) >= 11 is 0. The third-order valence-corrected chi connectivity index (χ3v) is 4.13. The number of nitrogens with one attached hydrogen (secondary N) is 1. The molecule has 6 heteroatoms. The molecule has 0 saturated heterocycles. The summed E-state index contributed by atoms with van der Waals surface area (Å²) in [7, 11) is 1.57. The summed E-state index contributed by atoms with van der Waals surface area (Å²) in [5.74, 6) is 0.953. The molecule has 1 amide bonds. The van der Waals surface area contributed by atoms with Crippen molar-refractivity contribution in [2.24, 2.45) is 0 Å². The Balaban J connectivity index is 1.79. The van der Waals surface area contributed by atoms with Crippen LogP contribution in [0.15, 0.2) is 60.9 Å². The molecule has 1 aromatic heterocycles. The number of hydrogen-bond donors (Lipinski definition) is 1. The molecule has 0 spiro atoms. The first-order chi connectivity index (χ1) is 13.1. The summed E-state index contributed by atoms with van der Waals surface area (Å²) < 4.78 is 5.29. The number of anilines is 3. The van der Waals surface area contributed by atoms with E-state index in [0.29, 0.717) is 17.3 Å². The van der Waals surface area contributed by atoms with Crippen LogP contribution in [0.3, 0.4) is 0 Å². The lowest BCUT2D eigenvalue weighted by Crippen LogP contribution is -2.19. The highest BCUT2D eigenvalue weighted by Gasteiger charge is 2.14. The van der Waals surface area contributed by atoms with Crippen LogP contribution in [-0.2, 0) is 0 Å². The van der Waals surface area contributed by atoms with Crippen LogP contribution in [-0.4, -0.2) is 29.5 Å². The number of rotatable bonds is 6. The van der Waals surface area contributed by atoms with Gasteiger partial charge in [-0.1, -0.05) is 24.3 Å². The van der Waals surface area contributed by atoms with Crippen LogP contribution in [0.5, 0.6) is 5.75 Å². The van der Waals surface area contributed by atoms with Gasteiger partial charge in [-0.2, -0.15) is 0 Å². The van der Waals surface area contributed by atoms with E-state index in [1.54, 1.807) is 13.3 Å². The lowest BCUT2D eigenvalue weighted by molar-refractivity contribution is 0.102. The Bertz CT molecular complexity index is 911. The number of aryl methyl sites for hydroxylation is 1. The molecule has 3 rings (SSSR count). The molecule has 6 nitrogen and oxygen atoms in total. The van der Waals surface area contributed by atoms with E-state index in [1.165, 1.54) is 6.20 Å². The first-order valence-corrected chi connectivity index (χ1v) is 8.73. The van der Waals surface area contributed by atoms with Crippen LogP contribution in [0.1, 0.15) is 23.0 Å². The quantitative estimate of drug-likeness (QED) is 0.712. The third kappa shape index (κ3) is 4.23. The van der Waals surface area contributed by atoms with E-state index in [0.717, 1.165) is 17.8 Å². The summed E-state index contributed by atoms with van der Waals surface area (Å²) in [5.41, 5.74) is 2.89. The Morgan fingerprint density at radius 3 is 2.52 bits per heavy atom. The highest BCUT2D eigenvalue weighted by atomic mass is 16.5. The molecule has 0 aliphatic heterocycles. The number of carbonyl (C=O) groups is 1. The van der Waals surface area contributed by atoms with Gasteiger partial charge in [-0.3, -0.25) is 4.79 Å². The molecule has 0 unspecified atom stereocenters. The van der Waals surface area contributed by atoms with Gasteiger partial charge in [0, 0.05) is 12.2 Å². The predicted octanol–water partition coefficient (Wildman–Crippen LogP) is 4.20. The highest BCUT2D eigenvalue weighted by molar-refractivity contribution is 6.03. The van der Waals surface area contributed by atoms with Crippen LogP contribution < -0.4 is 15.0 Å². The van der Waals surface area contributed by atoms with E-state index in [-0.39, 0.29) is 11.6 Å². The van der Waals surface area contributed by atoms with Gasteiger partial charge in [0.25, 0.3) is 5.91 Å². The van der Waals surface area contributed by atoms with E-state index in [2.05, 4.69) is 15.3 Å². The second-order valence-corrected chi connectivity index (χ2v) is 6.00. The Morgan fingerprint density at radius 1 is 1.11 bits per heavy atom. The van der Waals surface area contributed by atoms with Crippen molar-refractivity contribution in [1.82, 2.24) is 9.97 Å². The Labute approximate surface area is 158 Å². The zero-order valence-corrected chi connectivity index (χ0v) is 15.6. The maximum atomic E-state index is 12.5. The van der Waals surface area contributed by atoms with Crippen LogP contribution in [0.2, 0.25) is 0 Å². The average molecular weight is 362 g/mol. The number of para-hydroxylation sites is 1. The molecule has 2 aromatic carbocycles. The lowest BCUT2D eigenvalue weighted by atomic mass is 10.2. The first-order valence-electron chi connectivity index (χ1n) is 8.73. The largest absolute Gasteiger partial charge is 0.495 e. The molecular formula is C21H22N4O2. The summed E-state index contributed by atoms with van der Waals surface area (Å²) in [5, 5.41) is 2.83. The molecule has 3 aromatic rings. The van der Waals surface area contributed by atoms with Crippen molar-refractivity contribution >= 4 is 23.1 Å². The number of amides is 1. The standard InChI is InChI=1S/C21H22N4O2/c1-4-25(16-8-6-5-7-9-16)20-14-22-18(13-23-20)21(26)24-17-12-15(2)10-11-19(17)27-3/h5-14H,4H2,1-3H3,(H,24,26). The number of hydrogen-bond acceptors (Lipinski definition) is 5. The molecule has 27 heavy (non-hydrogen) atoms. The normalized spacial score (nSPS) is 10.3. The minimum atomic E-state index is -0.333. The van der Waals surface area contributed by atoms with E-state index in [4.69, 9.17) is 4.74 Å². The predicted molar refractivity (Wildman–Crippen MR) is 107 cm³/mol. The molecule has 0 atom stereocenters. The summed E-state index contributed by atoms with van der Waals surface area (Å²) in [4.78, 5) is 23.3. The second kappa shape index (κ2) is 8.31. The van der Waals surface area contributed by atoms with Gasteiger partial charge in [0.2, 0.25) is 0 Å². The fourth-order valence-corrected chi connectivity index (χ4v) is 2.77. The number of carbonyl (C=O) groups excluding carboxylic acids is 1. The van der Waals surface area contributed by atoms with E-state index < -0.39 is 0 Å². The topological polar surface area (TPSA) is 67.4 Å². The van der Waals surface area contributed by atoms with Gasteiger partial charge in [0.1, 0.15) is 11.4 Å². The Morgan fingerprint density at radius 2 is 1.89 bits per heavy atom. The van der Waals surface area contributed by atoms with E-state index in [9.17, 15) is 4.79 Å². The van der Waals surface area contributed by atoms with Gasteiger partial charge in [-0.05, 0) is 43.7 Å². The van der Waals surface area contributed by atoms with Crippen molar-refractivity contribution in [2.45, 2.75) is 13.8 Å². The molecule has 0 fully saturated rings. The number of benzene rings is 2. The molecule has 0 saturated carbocycles. The molecule has 1 N–H and O–H groups in total. The summed E-state index contributed by atoms with van der Waals surface area (Å²) in [6, 6.07) is 15.5.